The summed E-state index contributed by atoms with van der Waals surface area (Å²) in [6.07, 6.45) is 0. The summed E-state index contributed by atoms with van der Waals surface area (Å²) in [5.74, 6) is 0.958. The standard InChI is InChI=1S/C20H25BrN2O/c1-2-24-20-8-6-17(7-9-20)15-22-10-12-23(13-11-22)16-18-4-3-5-19(21)14-18/h3-9,14H,2,10-13,15-16H2,1H3. The molecule has 0 saturated carbocycles. The highest BCUT2D eigenvalue weighted by atomic mass is 79.9. The number of hydrogen-bond acceptors (Lipinski definition) is 3. The third-order valence-electron chi connectivity index (χ3n) is 4.40. The molecule has 0 atom stereocenters. The summed E-state index contributed by atoms with van der Waals surface area (Å²) in [5, 5.41) is 0. The smallest absolute Gasteiger partial charge is 0.119 e. The largest absolute Gasteiger partial charge is 0.494 e. The van der Waals surface area contributed by atoms with Crippen molar-refractivity contribution in [1.29, 1.82) is 0 Å². The Kier molecular flexibility index (Phi) is 6.30. The van der Waals surface area contributed by atoms with Crippen LogP contribution in [0.15, 0.2) is 53.0 Å². The van der Waals surface area contributed by atoms with Gasteiger partial charge in [-0.3, -0.25) is 9.80 Å². The van der Waals surface area contributed by atoms with Crippen LogP contribution in [0.25, 0.3) is 0 Å². The Labute approximate surface area is 153 Å². The van der Waals surface area contributed by atoms with E-state index >= 15 is 0 Å². The first kappa shape index (κ1) is 17.5. The molecular weight excluding hydrogens is 364 g/mol. The monoisotopic (exact) mass is 388 g/mol. The maximum atomic E-state index is 5.51. The summed E-state index contributed by atoms with van der Waals surface area (Å²) < 4.78 is 6.67. The molecule has 0 bridgehead atoms. The van der Waals surface area contributed by atoms with Crippen molar-refractivity contribution in [2.45, 2.75) is 20.0 Å². The van der Waals surface area contributed by atoms with Crippen LogP contribution in [0.4, 0.5) is 0 Å². The van der Waals surface area contributed by atoms with E-state index < -0.39 is 0 Å². The van der Waals surface area contributed by atoms with Gasteiger partial charge in [0.15, 0.2) is 0 Å². The van der Waals surface area contributed by atoms with Gasteiger partial charge < -0.3 is 4.74 Å². The van der Waals surface area contributed by atoms with Crippen molar-refractivity contribution in [3.8, 4) is 5.75 Å². The van der Waals surface area contributed by atoms with Gasteiger partial charge in [-0.1, -0.05) is 40.2 Å². The molecule has 0 spiro atoms. The maximum Gasteiger partial charge on any atom is 0.119 e. The maximum absolute atomic E-state index is 5.51. The lowest BCUT2D eigenvalue weighted by Gasteiger charge is -2.34. The first-order valence-electron chi connectivity index (χ1n) is 8.64. The third-order valence-corrected chi connectivity index (χ3v) is 4.89. The minimum Gasteiger partial charge on any atom is -0.494 e. The van der Waals surface area contributed by atoms with Crippen LogP contribution in [0.3, 0.4) is 0 Å². The predicted octanol–water partition coefficient (Wildman–Crippen LogP) is 4.17. The van der Waals surface area contributed by atoms with E-state index in [4.69, 9.17) is 4.74 Å². The molecule has 2 aromatic rings. The molecule has 0 unspecified atom stereocenters. The van der Waals surface area contributed by atoms with Crippen LogP contribution in [0.1, 0.15) is 18.1 Å². The minimum absolute atomic E-state index is 0.722. The average molecular weight is 389 g/mol. The zero-order valence-corrected chi connectivity index (χ0v) is 15.8. The van der Waals surface area contributed by atoms with Gasteiger partial charge in [0.2, 0.25) is 0 Å². The number of rotatable bonds is 6. The number of hydrogen-bond donors (Lipinski definition) is 0. The van der Waals surface area contributed by atoms with Crippen molar-refractivity contribution in [2.24, 2.45) is 0 Å². The van der Waals surface area contributed by atoms with Crippen LogP contribution >= 0.6 is 15.9 Å². The number of piperazine rings is 1. The number of ether oxygens (including phenoxy) is 1. The van der Waals surface area contributed by atoms with Gasteiger partial charge in [-0.15, -0.1) is 0 Å². The van der Waals surface area contributed by atoms with E-state index in [9.17, 15) is 0 Å². The van der Waals surface area contributed by atoms with Crippen molar-refractivity contribution in [3.63, 3.8) is 0 Å². The second-order valence-electron chi connectivity index (χ2n) is 6.26. The molecule has 2 aromatic carbocycles. The molecule has 0 aromatic heterocycles. The first-order valence-corrected chi connectivity index (χ1v) is 9.43. The number of benzene rings is 2. The molecule has 24 heavy (non-hydrogen) atoms. The lowest BCUT2D eigenvalue weighted by molar-refractivity contribution is 0.122. The summed E-state index contributed by atoms with van der Waals surface area (Å²) in [7, 11) is 0. The van der Waals surface area contributed by atoms with Gasteiger partial charge in [-0.25, -0.2) is 0 Å². The molecule has 0 amide bonds. The van der Waals surface area contributed by atoms with E-state index in [-0.39, 0.29) is 0 Å². The Hall–Kier alpha value is -1.36. The topological polar surface area (TPSA) is 15.7 Å². The fraction of sp³-hybridized carbons (Fsp3) is 0.400. The Bertz CT molecular complexity index is 636. The van der Waals surface area contributed by atoms with Gasteiger partial charge in [-0.2, -0.15) is 0 Å². The van der Waals surface area contributed by atoms with Crippen LogP contribution in [0, 0.1) is 0 Å². The van der Waals surface area contributed by atoms with Crippen molar-refractivity contribution in [2.75, 3.05) is 32.8 Å². The van der Waals surface area contributed by atoms with Crippen LogP contribution in [-0.2, 0) is 13.1 Å². The lowest BCUT2D eigenvalue weighted by atomic mass is 10.1. The summed E-state index contributed by atoms with van der Waals surface area (Å²) in [6, 6.07) is 17.1. The molecular formula is C20H25BrN2O. The zero-order valence-electron chi connectivity index (χ0n) is 14.2. The Morgan fingerprint density at radius 3 is 2.08 bits per heavy atom. The Morgan fingerprint density at radius 1 is 0.875 bits per heavy atom. The normalized spacial score (nSPS) is 16.2. The summed E-state index contributed by atoms with van der Waals surface area (Å²) in [4.78, 5) is 5.07. The molecule has 1 aliphatic rings. The van der Waals surface area contributed by atoms with Crippen molar-refractivity contribution >= 4 is 15.9 Å². The third kappa shape index (κ3) is 5.07. The number of halogens is 1. The van der Waals surface area contributed by atoms with Crippen molar-refractivity contribution in [1.82, 2.24) is 9.80 Å². The Morgan fingerprint density at radius 2 is 1.50 bits per heavy atom. The number of nitrogens with zero attached hydrogens (tertiary/aromatic N) is 2. The first-order chi connectivity index (χ1) is 11.7. The molecule has 3 rings (SSSR count). The molecule has 1 fully saturated rings. The predicted molar refractivity (Wildman–Crippen MR) is 102 cm³/mol. The highest BCUT2D eigenvalue weighted by Crippen LogP contribution is 2.17. The Balaban J connectivity index is 1.46. The van der Waals surface area contributed by atoms with E-state index in [2.05, 4.69) is 74.3 Å². The highest BCUT2D eigenvalue weighted by Gasteiger charge is 2.17. The van der Waals surface area contributed by atoms with E-state index in [1.165, 1.54) is 11.1 Å². The summed E-state index contributed by atoms with van der Waals surface area (Å²) in [5.41, 5.74) is 2.74. The van der Waals surface area contributed by atoms with E-state index in [0.29, 0.717) is 0 Å². The second kappa shape index (κ2) is 8.65. The SMILES string of the molecule is CCOc1ccc(CN2CCN(Cc3cccc(Br)c3)CC2)cc1. The molecule has 1 heterocycles. The van der Waals surface area contributed by atoms with Gasteiger partial charge >= 0.3 is 0 Å². The van der Waals surface area contributed by atoms with E-state index in [1.54, 1.807) is 0 Å². The van der Waals surface area contributed by atoms with Gasteiger partial charge in [-0.05, 0) is 42.3 Å². The lowest BCUT2D eigenvalue weighted by Crippen LogP contribution is -2.45. The molecule has 3 nitrogen and oxygen atoms in total. The fourth-order valence-corrected chi connectivity index (χ4v) is 3.56. The van der Waals surface area contributed by atoms with Crippen LogP contribution in [0.5, 0.6) is 5.75 Å². The van der Waals surface area contributed by atoms with Gasteiger partial charge in [0.1, 0.15) is 5.75 Å². The molecule has 1 saturated heterocycles. The minimum atomic E-state index is 0.722. The fourth-order valence-electron chi connectivity index (χ4n) is 3.11. The van der Waals surface area contributed by atoms with Crippen molar-refractivity contribution < 1.29 is 4.74 Å². The van der Waals surface area contributed by atoms with Crippen LogP contribution in [0.2, 0.25) is 0 Å². The second-order valence-corrected chi connectivity index (χ2v) is 7.17. The van der Waals surface area contributed by atoms with Crippen LogP contribution < -0.4 is 4.74 Å². The molecule has 0 N–H and O–H groups in total. The molecule has 0 radical (unpaired) electrons. The molecule has 1 aliphatic heterocycles. The molecule has 0 aliphatic carbocycles. The zero-order chi connectivity index (χ0) is 16.8. The molecule has 4 heteroatoms. The van der Waals surface area contributed by atoms with E-state index in [1.807, 2.05) is 6.92 Å². The van der Waals surface area contributed by atoms with Crippen LogP contribution in [-0.4, -0.2) is 42.6 Å². The van der Waals surface area contributed by atoms with Gasteiger partial charge in [0.05, 0.1) is 6.61 Å². The summed E-state index contributed by atoms with van der Waals surface area (Å²) in [6.45, 7) is 9.31. The molecule has 128 valence electrons. The summed E-state index contributed by atoms with van der Waals surface area (Å²) >= 11 is 3.55. The van der Waals surface area contributed by atoms with Gasteiger partial charge in [0, 0.05) is 43.7 Å². The average Bonchev–Trinajstić information content (AvgIpc) is 2.59. The van der Waals surface area contributed by atoms with E-state index in [0.717, 1.165) is 56.1 Å². The van der Waals surface area contributed by atoms with Crippen molar-refractivity contribution in [3.05, 3.63) is 64.1 Å². The quantitative estimate of drug-likeness (QED) is 0.738. The highest BCUT2D eigenvalue weighted by molar-refractivity contribution is 9.10. The van der Waals surface area contributed by atoms with Gasteiger partial charge in [0.25, 0.3) is 0 Å².